The first-order valence-corrected chi connectivity index (χ1v) is 8.57. The second kappa shape index (κ2) is 7.27. The number of nitrogens with one attached hydrogen (secondary N) is 1. The predicted octanol–water partition coefficient (Wildman–Crippen LogP) is 3.77. The van der Waals surface area contributed by atoms with Gasteiger partial charge in [-0.1, -0.05) is 36.4 Å². The molecule has 0 saturated carbocycles. The van der Waals surface area contributed by atoms with Gasteiger partial charge in [-0.25, -0.2) is 4.98 Å². The van der Waals surface area contributed by atoms with Crippen LogP contribution in [0.25, 0.3) is 5.65 Å². The van der Waals surface area contributed by atoms with Crippen molar-refractivity contribution in [1.82, 2.24) is 14.7 Å². The second-order valence-electron chi connectivity index (χ2n) is 6.14. The monoisotopic (exact) mass is 345 g/mol. The molecule has 0 fully saturated rings. The van der Waals surface area contributed by atoms with Gasteiger partial charge in [0.05, 0.1) is 30.6 Å². The number of carbonyl (C=O) groups is 1. The molecule has 1 unspecified atom stereocenters. The number of rotatable bonds is 6. The fourth-order valence-corrected chi connectivity index (χ4v) is 3.12. The van der Waals surface area contributed by atoms with E-state index in [-0.39, 0.29) is 11.8 Å². The summed E-state index contributed by atoms with van der Waals surface area (Å²) < 4.78 is 7.54. The van der Waals surface area contributed by atoms with Crippen LogP contribution < -0.4 is 5.32 Å². The lowest BCUT2D eigenvalue weighted by atomic mass is 9.93. The fourth-order valence-electron chi connectivity index (χ4n) is 3.12. The van der Waals surface area contributed by atoms with Crippen molar-refractivity contribution >= 4 is 11.6 Å². The molecule has 0 saturated heterocycles. The normalized spacial score (nSPS) is 12.2. The van der Waals surface area contributed by atoms with E-state index in [1.807, 2.05) is 71.3 Å². The molecule has 4 aromatic rings. The minimum Gasteiger partial charge on any atom is -0.469 e. The SMILES string of the molecule is O=C(CC(c1ccccc1)c1ccco1)NCc1cnc2ccccn12. The van der Waals surface area contributed by atoms with E-state index < -0.39 is 0 Å². The molecule has 26 heavy (non-hydrogen) atoms. The highest BCUT2D eigenvalue weighted by molar-refractivity contribution is 5.77. The van der Waals surface area contributed by atoms with Gasteiger partial charge in [-0.05, 0) is 29.8 Å². The quantitative estimate of drug-likeness (QED) is 0.579. The first-order valence-electron chi connectivity index (χ1n) is 8.57. The third kappa shape index (κ3) is 3.37. The highest BCUT2D eigenvalue weighted by Gasteiger charge is 2.20. The number of aromatic nitrogens is 2. The van der Waals surface area contributed by atoms with Crippen LogP contribution >= 0.6 is 0 Å². The summed E-state index contributed by atoms with van der Waals surface area (Å²) >= 11 is 0. The van der Waals surface area contributed by atoms with Gasteiger partial charge >= 0.3 is 0 Å². The molecule has 130 valence electrons. The summed E-state index contributed by atoms with van der Waals surface area (Å²) in [6.45, 7) is 0.434. The molecule has 1 N–H and O–H groups in total. The van der Waals surface area contributed by atoms with Crippen LogP contribution in [-0.2, 0) is 11.3 Å². The van der Waals surface area contributed by atoms with Crippen LogP contribution in [0.15, 0.2) is 83.7 Å². The van der Waals surface area contributed by atoms with E-state index in [0.717, 1.165) is 22.7 Å². The Morgan fingerprint density at radius 1 is 1.08 bits per heavy atom. The maximum absolute atomic E-state index is 12.6. The zero-order valence-corrected chi connectivity index (χ0v) is 14.2. The molecule has 0 bridgehead atoms. The maximum Gasteiger partial charge on any atom is 0.221 e. The molecule has 1 aromatic carbocycles. The van der Waals surface area contributed by atoms with Gasteiger partial charge in [-0.2, -0.15) is 0 Å². The van der Waals surface area contributed by atoms with Gasteiger partial charge in [0, 0.05) is 12.6 Å². The van der Waals surface area contributed by atoms with Crippen molar-refractivity contribution < 1.29 is 9.21 Å². The zero-order chi connectivity index (χ0) is 17.8. The van der Waals surface area contributed by atoms with Crippen LogP contribution in [0.3, 0.4) is 0 Å². The molecule has 1 amide bonds. The Labute approximate surface area is 151 Å². The molecule has 0 spiro atoms. The number of pyridine rings is 1. The highest BCUT2D eigenvalue weighted by atomic mass is 16.3. The van der Waals surface area contributed by atoms with Crippen LogP contribution in [0, 0.1) is 0 Å². The Morgan fingerprint density at radius 2 is 1.92 bits per heavy atom. The summed E-state index contributed by atoms with van der Waals surface area (Å²) in [6, 6.07) is 19.5. The van der Waals surface area contributed by atoms with E-state index >= 15 is 0 Å². The molecule has 5 nitrogen and oxygen atoms in total. The number of nitrogens with zero attached hydrogens (tertiary/aromatic N) is 2. The van der Waals surface area contributed by atoms with Crippen molar-refractivity contribution in [2.24, 2.45) is 0 Å². The standard InChI is InChI=1S/C21H19N3O2/c25-21(23-15-17-14-22-20-10-4-5-11-24(17)20)13-18(19-9-6-12-26-19)16-7-2-1-3-8-16/h1-12,14,18H,13,15H2,(H,23,25). The summed E-state index contributed by atoms with van der Waals surface area (Å²) in [4.78, 5) is 16.9. The van der Waals surface area contributed by atoms with E-state index in [1.54, 1.807) is 12.5 Å². The van der Waals surface area contributed by atoms with Gasteiger partial charge in [-0.15, -0.1) is 0 Å². The lowest BCUT2D eigenvalue weighted by Crippen LogP contribution is -2.25. The molecule has 0 radical (unpaired) electrons. The summed E-state index contributed by atoms with van der Waals surface area (Å²) in [5.74, 6) is 0.663. The van der Waals surface area contributed by atoms with Crippen LogP contribution in [-0.4, -0.2) is 15.3 Å². The molecule has 3 heterocycles. The minimum atomic E-state index is -0.103. The Hall–Kier alpha value is -3.34. The van der Waals surface area contributed by atoms with Gasteiger partial charge in [0.2, 0.25) is 5.91 Å². The molecule has 1 atom stereocenters. The van der Waals surface area contributed by atoms with Gasteiger partial charge in [0.15, 0.2) is 0 Å². The average molecular weight is 345 g/mol. The topological polar surface area (TPSA) is 59.5 Å². The average Bonchev–Trinajstić information content (AvgIpc) is 3.35. The smallest absolute Gasteiger partial charge is 0.221 e. The highest BCUT2D eigenvalue weighted by Crippen LogP contribution is 2.28. The second-order valence-corrected chi connectivity index (χ2v) is 6.14. The van der Waals surface area contributed by atoms with E-state index in [9.17, 15) is 4.79 Å². The Kier molecular flexibility index (Phi) is 4.51. The van der Waals surface area contributed by atoms with E-state index in [2.05, 4.69) is 10.3 Å². The first kappa shape index (κ1) is 16.1. The van der Waals surface area contributed by atoms with Crippen LogP contribution in [0.5, 0.6) is 0 Å². The number of amides is 1. The lowest BCUT2D eigenvalue weighted by Gasteiger charge is -2.15. The third-order valence-corrected chi connectivity index (χ3v) is 4.44. The summed E-state index contributed by atoms with van der Waals surface area (Å²) in [5, 5.41) is 3.00. The maximum atomic E-state index is 12.6. The number of fused-ring (bicyclic) bond motifs is 1. The number of hydrogen-bond acceptors (Lipinski definition) is 3. The van der Waals surface area contributed by atoms with E-state index in [4.69, 9.17) is 4.42 Å². The van der Waals surface area contributed by atoms with Crippen LogP contribution in [0.1, 0.15) is 29.4 Å². The van der Waals surface area contributed by atoms with E-state index in [1.165, 1.54) is 0 Å². The Morgan fingerprint density at radius 3 is 2.73 bits per heavy atom. The zero-order valence-electron chi connectivity index (χ0n) is 14.2. The van der Waals surface area contributed by atoms with Gasteiger partial charge < -0.3 is 14.1 Å². The molecule has 3 aromatic heterocycles. The number of imidazole rings is 1. The summed E-state index contributed by atoms with van der Waals surface area (Å²) in [7, 11) is 0. The fraction of sp³-hybridized carbons (Fsp3) is 0.143. The molecule has 0 aliphatic heterocycles. The van der Waals surface area contributed by atoms with Gasteiger partial charge in [0.1, 0.15) is 11.4 Å². The third-order valence-electron chi connectivity index (χ3n) is 4.44. The molecule has 0 aliphatic carbocycles. The van der Waals surface area contributed by atoms with Crippen molar-refractivity contribution in [1.29, 1.82) is 0 Å². The van der Waals surface area contributed by atoms with Crippen molar-refractivity contribution in [3.63, 3.8) is 0 Å². The van der Waals surface area contributed by atoms with Crippen LogP contribution in [0.4, 0.5) is 0 Å². The van der Waals surface area contributed by atoms with Crippen molar-refractivity contribution in [3.05, 3.63) is 96.3 Å². The summed E-state index contributed by atoms with van der Waals surface area (Å²) in [6.07, 6.45) is 5.70. The molecule has 4 rings (SSSR count). The summed E-state index contributed by atoms with van der Waals surface area (Å²) in [5.41, 5.74) is 2.88. The molecular formula is C21H19N3O2. The lowest BCUT2D eigenvalue weighted by molar-refractivity contribution is -0.121. The van der Waals surface area contributed by atoms with Crippen molar-refractivity contribution in [2.45, 2.75) is 18.9 Å². The Balaban J connectivity index is 1.47. The number of carbonyl (C=O) groups excluding carboxylic acids is 1. The minimum absolute atomic E-state index is 0.0267. The van der Waals surface area contributed by atoms with Crippen molar-refractivity contribution in [3.8, 4) is 0 Å². The van der Waals surface area contributed by atoms with Gasteiger partial charge in [0.25, 0.3) is 0 Å². The van der Waals surface area contributed by atoms with Crippen molar-refractivity contribution in [2.75, 3.05) is 0 Å². The van der Waals surface area contributed by atoms with E-state index in [0.29, 0.717) is 13.0 Å². The number of benzene rings is 1. The number of hydrogen-bond donors (Lipinski definition) is 1. The molecular weight excluding hydrogens is 326 g/mol. The predicted molar refractivity (Wildman–Crippen MR) is 98.6 cm³/mol. The molecule has 0 aliphatic rings. The van der Waals surface area contributed by atoms with Gasteiger partial charge in [-0.3, -0.25) is 4.79 Å². The van der Waals surface area contributed by atoms with Crippen LogP contribution in [0.2, 0.25) is 0 Å². The Bertz CT molecular complexity index is 990. The first-order chi connectivity index (χ1) is 12.8. The largest absolute Gasteiger partial charge is 0.469 e. The molecule has 5 heteroatoms. The number of furan rings is 1.